The SMILES string of the molecule is O=C(COCCNC(=O)OCC1c2ccccc2-c2ccccc21)N[C@H]1CCCCC[C@H]1C(=O)O. The van der Waals surface area contributed by atoms with Crippen molar-refractivity contribution >= 4 is 18.0 Å². The first-order valence-electron chi connectivity index (χ1n) is 12.2. The van der Waals surface area contributed by atoms with Crippen LogP contribution in [0.2, 0.25) is 0 Å². The van der Waals surface area contributed by atoms with Gasteiger partial charge in [-0.05, 0) is 35.1 Å². The highest BCUT2D eigenvalue weighted by Crippen LogP contribution is 2.44. The Morgan fingerprint density at radius 3 is 2.26 bits per heavy atom. The van der Waals surface area contributed by atoms with Gasteiger partial charge in [-0.15, -0.1) is 0 Å². The summed E-state index contributed by atoms with van der Waals surface area (Å²) >= 11 is 0. The number of nitrogens with one attached hydrogen (secondary N) is 2. The molecule has 35 heavy (non-hydrogen) atoms. The number of fused-ring (bicyclic) bond motifs is 3. The van der Waals surface area contributed by atoms with Crippen LogP contribution in [0, 0.1) is 5.92 Å². The molecule has 2 aromatic carbocycles. The Kier molecular flexibility index (Phi) is 8.36. The first-order valence-corrected chi connectivity index (χ1v) is 12.2. The summed E-state index contributed by atoms with van der Waals surface area (Å²) in [6, 6.07) is 15.9. The number of carboxylic acid groups (broad SMARTS) is 1. The summed E-state index contributed by atoms with van der Waals surface area (Å²) in [6.07, 6.45) is 3.44. The molecule has 0 heterocycles. The topological polar surface area (TPSA) is 114 Å². The second-order valence-corrected chi connectivity index (χ2v) is 9.06. The Balaban J connectivity index is 1.16. The highest BCUT2D eigenvalue weighted by atomic mass is 16.5. The van der Waals surface area contributed by atoms with Crippen molar-refractivity contribution in [2.24, 2.45) is 5.92 Å². The molecule has 0 radical (unpaired) electrons. The fraction of sp³-hybridized carbons (Fsp3) is 0.444. The number of rotatable bonds is 9. The number of carboxylic acids is 1. The fourth-order valence-corrected chi connectivity index (χ4v) is 5.06. The molecule has 0 saturated heterocycles. The summed E-state index contributed by atoms with van der Waals surface area (Å²) in [5.41, 5.74) is 4.63. The minimum absolute atomic E-state index is 0.00767. The van der Waals surface area contributed by atoms with Gasteiger partial charge in [0.05, 0.1) is 12.5 Å². The maximum absolute atomic E-state index is 12.2. The molecule has 8 nitrogen and oxygen atoms in total. The van der Waals surface area contributed by atoms with E-state index in [2.05, 4.69) is 34.9 Å². The lowest BCUT2D eigenvalue weighted by Gasteiger charge is -2.22. The molecule has 2 aliphatic carbocycles. The minimum Gasteiger partial charge on any atom is -0.481 e. The lowest BCUT2D eigenvalue weighted by molar-refractivity contribution is -0.143. The van der Waals surface area contributed by atoms with Crippen molar-refractivity contribution < 1.29 is 29.0 Å². The lowest BCUT2D eigenvalue weighted by atomic mass is 9.95. The summed E-state index contributed by atoms with van der Waals surface area (Å²) in [5.74, 6) is -1.78. The molecule has 0 spiro atoms. The third-order valence-corrected chi connectivity index (χ3v) is 6.77. The van der Waals surface area contributed by atoms with E-state index < -0.39 is 18.0 Å². The number of ether oxygens (including phenoxy) is 2. The van der Waals surface area contributed by atoms with Crippen LogP contribution in [0.1, 0.15) is 49.1 Å². The van der Waals surface area contributed by atoms with E-state index in [0.29, 0.717) is 12.8 Å². The molecule has 0 aromatic heterocycles. The van der Waals surface area contributed by atoms with Gasteiger partial charge in [-0.2, -0.15) is 0 Å². The van der Waals surface area contributed by atoms with Gasteiger partial charge in [-0.1, -0.05) is 67.8 Å². The van der Waals surface area contributed by atoms with E-state index in [4.69, 9.17) is 9.47 Å². The van der Waals surface area contributed by atoms with Crippen molar-refractivity contribution in [2.45, 2.75) is 44.1 Å². The van der Waals surface area contributed by atoms with Gasteiger partial charge in [0.15, 0.2) is 0 Å². The molecule has 2 aromatic rings. The molecule has 0 aliphatic heterocycles. The van der Waals surface area contributed by atoms with Gasteiger partial charge in [-0.25, -0.2) is 4.79 Å². The monoisotopic (exact) mass is 480 g/mol. The van der Waals surface area contributed by atoms with E-state index in [0.717, 1.165) is 30.4 Å². The van der Waals surface area contributed by atoms with E-state index in [9.17, 15) is 19.5 Å². The minimum atomic E-state index is -0.870. The summed E-state index contributed by atoms with van der Waals surface area (Å²) in [4.78, 5) is 35.9. The van der Waals surface area contributed by atoms with Crippen molar-refractivity contribution in [1.29, 1.82) is 0 Å². The third kappa shape index (κ3) is 6.19. The Hall–Kier alpha value is -3.39. The van der Waals surface area contributed by atoms with Crippen LogP contribution in [0.15, 0.2) is 48.5 Å². The van der Waals surface area contributed by atoms with E-state index in [-0.39, 0.29) is 44.2 Å². The van der Waals surface area contributed by atoms with E-state index in [1.807, 2.05) is 24.3 Å². The van der Waals surface area contributed by atoms with Gasteiger partial charge in [0.25, 0.3) is 0 Å². The summed E-state index contributed by atoms with van der Waals surface area (Å²) < 4.78 is 10.8. The third-order valence-electron chi connectivity index (χ3n) is 6.77. The number of hydrogen-bond donors (Lipinski definition) is 3. The Morgan fingerprint density at radius 1 is 0.914 bits per heavy atom. The maximum atomic E-state index is 12.2. The fourth-order valence-electron chi connectivity index (χ4n) is 5.06. The van der Waals surface area contributed by atoms with Crippen molar-refractivity contribution in [3.8, 4) is 11.1 Å². The molecule has 2 aliphatic rings. The molecule has 8 heteroatoms. The average molecular weight is 481 g/mol. The van der Waals surface area contributed by atoms with Crippen molar-refractivity contribution in [3.63, 3.8) is 0 Å². The predicted molar refractivity (Wildman–Crippen MR) is 130 cm³/mol. The Morgan fingerprint density at radius 2 is 1.57 bits per heavy atom. The summed E-state index contributed by atoms with van der Waals surface area (Å²) in [7, 11) is 0. The molecule has 186 valence electrons. The number of amides is 2. The molecule has 1 fully saturated rings. The number of carbonyl (C=O) groups is 3. The molecular weight excluding hydrogens is 448 g/mol. The predicted octanol–water partition coefficient (Wildman–Crippen LogP) is 3.69. The van der Waals surface area contributed by atoms with Crippen LogP contribution in [-0.2, 0) is 19.1 Å². The van der Waals surface area contributed by atoms with Gasteiger partial charge < -0.3 is 25.2 Å². The van der Waals surface area contributed by atoms with Crippen LogP contribution in [0.3, 0.4) is 0 Å². The Bertz CT molecular complexity index is 1010. The van der Waals surface area contributed by atoms with Crippen LogP contribution in [-0.4, -0.2) is 55.5 Å². The van der Waals surface area contributed by atoms with Gasteiger partial charge in [-0.3, -0.25) is 9.59 Å². The van der Waals surface area contributed by atoms with Gasteiger partial charge in [0.2, 0.25) is 5.91 Å². The standard InChI is InChI=1S/C27H32N2O6/c30-25(29-24-13-3-1-2-12-22(24)26(31)32)17-34-15-14-28-27(33)35-16-23-20-10-6-4-8-18(20)19-9-5-7-11-21(19)23/h4-11,22-24H,1-3,12-17H2,(H,28,33)(H,29,30)(H,31,32)/t22-,24+/m1/s1. The molecule has 2 amide bonds. The summed E-state index contributed by atoms with van der Waals surface area (Å²) in [6.45, 7) is 0.389. The zero-order chi connectivity index (χ0) is 24.6. The average Bonchev–Trinajstić information content (AvgIpc) is 2.98. The molecule has 0 bridgehead atoms. The Labute approximate surface area is 205 Å². The highest BCUT2D eigenvalue weighted by molar-refractivity contribution is 5.80. The molecule has 0 unspecified atom stereocenters. The summed E-state index contributed by atoms with van der Waals surface area (Å²) in [5, 5.41) is 14.9. The van der Waals surface area contributed by atoms with Gasteiger partial charge >= 0.3 is 12.1 Å². The number of alkyl carbamates (subject to hydrolysis) is 1. The van der Waals surface area contributed by atoms with Crippen molar-refractivity contribution in [1.82, 2.24) is 10.6 Å². The largest absolute Gasteiger partial charge is 0.481 e. The molecular formula is C27H32N2O6. The second-order valence-electron chi connectivity index (χ2n) is 9.06. The van der Waals surface area contributed by atoms with Crippen LogP contribution >= 0.6 is 0 Å². The smallest absolute Gasteiger partial charge is 0.407 e. The van der Waals surface area contributed by atoms with Crippen molar-refractivity contribution in [2.75, 3.05) is 26.4 Å². The molecule has 4 rings (SSSR count). The lowest BCUT2D eigenvalue weighted by Crippen LogP contribution is -2.44. The molecule has 1 saturated carbocycles. The van der Waals surface area contributed by atoms with E-state index >= 15 is 0 Å². The second kappa shape index (κ2) is 11.8. The van der Waals surface area contributed by atoms with E-state index in [1.54, 1.807) is 0 Å². The van der Waals surface area contributed by atoms with Crippen LogP contribution < -0.4 is 10.6 Å². The first-order chi connectivity index (χ1) is 17.0. The normalized spacial score (nSPS) is 19.2. The zero-order valence-corrected chi connectivity index (χ0v) is 19.7. The van der Waals surface area contributed by atoms with E-state index in [1.165, 1.54) is 11.1 Å². The van der Waals surface area contributed by atoms with Crippen molar-refractivity contribution in [3.05, 3.63) is 59.7 Å². The highest BCUT2D eigenvalue weighted by Gasteiger charge is 2.31. The number of aliphatic carboxylic acids is 1. The number of carbonyl (C=O) groups excluding carboxylic acids is 2. The molecule has 2 atom stereocenters. The van der Waals surface area contributed by atoms with Gasteiger partial charge in [0, 0.05) is 18.5 Å². The van der Waals surface area contributed by atoms with Crippen LogP contribution in [0.25, 0.3) is 11.1 Å². The number of benzene rings is 2. The molecule has 3 N–H and O–H groups in total. The van der Waals surface area contributed by atoms with Crippen LogP contribution in [0.4, 0.5) is 4.79 Å². The van der Waals surface area contributed by atoms with Crippen LogP contribution in [0.5, 0.6) is 0 Å². The maximum Gasteiger partial charge on any atom is 0.407 e. The quantitative estimate of drug-likeness (QED) is 0.373. The van der Waals surface area contributed by atoms with Gasteiger partial charge in [0.1, 0.15) is 13.2 Å². The number of hydrogen-bond acceptors (Lipinski definition) is 5. The zero-order valence-electron chi connectivity index (χ0n) is 19.7. The first kappa shape index (κ1) is 24.7.